The molecular formula is C34H46N8O3. The molecule has 11 heteroatoms. The number of aromatic nitrogens is 6. The first kappa shape index (κ1) is 29.3. The molecule has 0 amide bonds. The molecule has 11 nitrogen and oxygen atoms in total. The van der Waals surface area contributed by atoms with Crippen molar-refractivity contribution < 1.29 is 14.2 Å². The first-order chi connectivity index (χ1) is 21.4. The lowest BCUT2D eigenvalue weighted by atomic mass is 9.75. The van der Waals surface area contributed by atoms with E-state index in [0.29, 0.717) is 40.9 Å². The normalized spacial score (nSPS) is 32.6. The standard InChI is InChI=1S/C34H46N8O3/c1-17(2)41(20-10-18(11-20)21-13-22(21)30-39-23-9-8-19(33(3,4)5)12-24(23)40-30)14-25-27-28(45-34(6,7)44-27)32(43-25)42-16-38-26-29(35)36-15-37-31(26)42/h8-9,12,15-18,20-22,25,27-28,32H,10-11,13-14H2,1-7H3,(H,39,40)(H2,35,36,37)/t18-,20+,21?,22?,25-,27-,28-,32-/m1/s1. The Kier molecular flexibility index (Phi) is 6.63. The molecule has 45 heavy (non-hydrogen) atoms. The molecule has 6 atom stereocenters. The molecule has 2 saturated carbocycles. The van der Waals surface area contributed by atoms with Crippen LogP contribution < -0.4 is 5.73 Å². The highest BCUT2D eigenvalue weighted by molar-refractivity contribution is 5.81. The van der Waals surface area contributed by atoms with Gasteiger partial charge in [-0.3, -0.25) is 9.47 Å². The Morgan fingerprint density at radius 1 is 1.09 bits per heavy atom. The van der Waals surface area contributed by atoms with E-state index in [9.17, 15) is 0 Å². The lowest BCUT2D eigenvalue weighted by Gasteiger charge is -2.46. The maximum atomic E-state index is 6.75. The van der Waals surface area contributed by atoms with Crippen LogP contribution in [0.15, 0.2) is 30.9 Å². The molecule has 3 N–H and O–H groups in total. The Labute approximate surface area is 264 Å². The molecule has 2 saturated heterocycles. The second-order valence-electron chi connectivity index (χ2n) is 15.5. The number of aromatic amines is 1. The van der Waals surface area contributed by atoms with Gasteiger partial charge in [0.15, 0.2) is 23.5 Å². The zero-order valence-electron chi connectivity index (χ0n) is 27.4. The van der Waals surface area contributed by atoms with Gasteiger partial charge in [-0.05, 0) is 81.9 Å². The van der Waals surface area contributed by atoms with E-state index in [1.54, 1.807) is 6.33 Å². The molecule has 2 unspecified atom stereocenters. The van der Waals surface area contributed by atoms with Crippen molar-refractivity contribution in [2.45, 2.75) is 121 Å². The molecule has 2 aliphatic carbocycles. The topological polar surface area (TPSA) is 129 Å². The van der Waals surface area contributed by atoms with E-state index in [1.165, 1.54) is 37.0 Å². The van der Waals surface area contributed by atoms with E-state index >= 15 is 0 Å². The minimum Gasteiger partial charge on any atom is -0.382 e. The Morgan fingerprint density at radius 3 is 2.62 bits per heavy atom. The zero-order valence-corrected chi connectivity index (χ0v) is 27.4. The van der Waals surface area contributed by atoms with Gasteiger partial charge >= 0.3 is 0 Å². The van der Waals surface area contributed by atoms with Gasteiger partial charge in [0.1, 0.15) is 36.0 Å². The number of anilines is 1. The molecule has 2 aliphatic heterocycles. The lowest BCUT2D eigenvalue weighted by Crippen LogP contribution is -2.52. The van der Waals surface area contributed by atoms with Gasteiger partial charge in [-0.15, -0.1) is 0 Å². The summed E-state index contributed by atoms with van der Waals surface area (Å²) in [5.41, 5.74) is 11.0. The van der Waals surface area contributed by atoms with E-state index < -0.39 is 12.0 Å². The summed E-state index contributed by atoms with van der Waals surface area (Å²) >= 11 is 0. The third-order valence-electron chi connectivity index (χ3n) is 10.6. The summed E-state index contributed by atoms with van der Waals surface area (Å²) in [6, 6.07) is 7.60. The van der Waals surface area contributed by atoms with Crippen LogP contribution in [0.2, 0.25) is 0 Å². The predicted octanol–water partition coefficient (Wildman–Crippen LogP) is 5.29. The van der Waals surface area contributed by atoms with Gasteiger partial charge < -0.3 is 24.9 Å². The molecule has 0 spiro atoms. The quantitative estimate of drug-likeness (QED) is 0.285. The first-order valence-electron chi connectivity index (χ1n) is 16.6. The SMILES string of the molecule is CC(C)N(C[C@H]1O[C@@H](n2cnc3c(N)ncnc32)[C@@H]2OC(C)(C)O[C@@H]21)[C@H]1C[C@@H](C2CC2c2nc3cc(C(C)(C)C)ccc3[nH]2)C1. The number of imidazole rings is 2. The van der Waals surface area contributed by atoms with Gasteiger partial charge in [-0.2, -0.15) is 0 Å². The Morgan fingerprint density at radius 2 is 1.87 bits per heavy atom. The molecular weight excluding hydrogens is 568 g/mol. The number of nitrogens with zero attached hydrogens (tertiary/aromatic N) is 6. The van der Waals surface area contributed by atoms with Gasteiger partial charge in [0.25, 0.3) is 0 Å². The van der Waals surface area contributed by atoms with Crippen LogP contribution in [-0.2, 0) is 19.6 Å². The van der Waals surface area contributed by atoms with E-state index in [2.05, 4.69) is 77.7 Å². The molecule has 4 aliphatic rings. The van der Waals surface area contributed by atoms with Crippen molar-refractivity contribution in [2.24, 2.45) is 11.8 Å². The van der Waals surface area contributed by atoms with Crippen LogP contribution in [0.1, 0.15) is 91.3 Å². The Balaban J connectivity index is 0.948. The number of hydrogen-bond donors (Lipinski definition) is 2. The van der Waals surface area contributed by atoms with Crippen LogP contribution in [-0.4, -0.2) is 77.1 Å². The van der Waals surface area contributed by atoms with Crippen LogP contribution in [0.5, 0.6) is 0 Å². The van der Waals surface area contributed by atoms with Crippen LogP contribution in [0.4, 0.5) is 5.82 Å². The molecule has 8 rings (SSSR count). The first-order valence-corrected chi connectivity index (χ1v) is 16.6. The number of nitrogens with two attached hydrogens (primary N) is 1. The van der Waals surface area contributed by atoms with Crippen LogP contribution >= 0.6 is 0 Å². The van der Waals surface area contributed by atoms with E-state index in [0.717, 1.165) is 23.5 Å². The third kappa shape index (κ3) is 5.03. The number of ether oxygens (including phenoxy) is 3. The monoisotopic (exact) mass is 614 g/mol. The average Bonchev–Trinajstić information content (AvgIpc) is 3.23. The summed E-state index contributed by atoms with van der Waals surface area (Å²) in [6.45, 7) is 16.1. The van der Waals surface area contributed by atoms with Gasteiger partial charge in [0.05, 0.1) is 17.4 Å². The second-order valence-corrected chi connectivity index (χ2v) is 15.5. The van der Waals surface area contributed by atoms with Crippen LogP contribution in [0.3, 0.4) is 0 Å². The van der Waals surface area contributed by atoms with Gasteiger partial charge in [0, 0.05) is 24.5 Å². The molecule has 0 bridgehead atoms. The average molecular weight is 615 g/mol. The molecule has 240 valence electrons. The summed E-state index contributed by atoms with van der Waals surface area (Å²) in [5.74, 6) is 2.82. The number of nitrogens with one attached hydrogen (secondary N) is 1. The zero-order chi connectivity index (χ0) is 31.4. The second kappa shape index (κ2) is 10.2. The smallest absolute Gasteiger partial charge is 0.167 e. The molecule has 5 heterocycles. The Hall–Kier alpha value is -3.12. The molecule has 4 fully saturated rings. The summed E-state index contributed by atoms with van der Waals surface area (Å²) < 4.78 is 21.6. The summed E-state index contributed by atoms with van der Waals surface area (Å²) in [7, 11) is 0. The summed E-state index contributed by atoms with van der Waals surface area (Å²) in [5, 5.41) is 0. The maximum Gasteiger partial charge on any atom is 0.167 e. The Bertz CT molecular complexity index is 1730. The number of hydrogen-bond acceptors (Lipinski definition) is 9. The number of rotatable bonds is 7. The fourth-order valence-electron chi connectivity index (χ4n) is 8.04. The number of fused-ring (bicyclic) bond motifs is 3. The number of benzene rings is 1. The lowest BCUT2D eigenvalue weighted by molar-refractivity contribution is -0.199. The maximum absolute atomic E-state index is 6.75. The van der Waals surface area contributed by atoms with Gasteiger partial charge in [-0.1, -0.05) is 26.8 Å². The minimum atomic E-state index is -0.698. The third-order valence-corrected chi connectivity index (χ3v) is 10.6. The summed E-state index contributed by atoms with van der Waals surface area (Å²) in [6.07, 6.45) is 5.80. The van der Waals surface area contributed by atoms with Crippen LogP contribution in [0.25, 0.3) is 22.2 Å². The largest absolute Gasteiger partial charge is 0.382 e. The van der Waals surface area contributed by atoms with Gasteiger partial charge in [-0.25, -0.2) is 19.9 Å². The highest BCUT2D eigenvalue weighted by atomic mass is 16.8. The highest BCUT2D eigenvalue weighted by Gasteiger charge is 2.57. The molecule has 1 aromatic carbocycles. The highest BCUT2D eigenvalue weighted by Crippen LogP contribution is 2.57. The van der Waals surface area contributed by atoms with E-state index in [4.69, 9.17) is 24.9 Å². The van der Waals surface area contributed by atoms with Crippen molar-refractivity contribution in [1.82, 2.24) is 34.4 Å². The van der Waals surface area contributed by atoms with Crippen molar-refractivity contribution in [3.05, 3.63) is 42.2 Å². The molecule has 4 aromatic rings. The van der Waals surface area contributed by atoms with Crippen molar-refractivity contribution >= 4 is 28.0 Å². The van der Waals surface area contributed by atoms with Crippen molar-refractivity contribution in [1.29, 1.82) is 0 Å². The van der Waals surface area contributed by atoms with Crippen molar-refractivity contribution in [3.8, 4) is 0 Å². The molecule has 3 aromatic heterocycles. The fourth-order valence-corrected chi connectivity index (χ4v) is 8.04. The predicted molar refractivity (Wildman–Crippen MR) is 171 cm³/mol. The minimum absolute atomic E-state index is 0.120. The van der Waals surface area contributed by atoms with E-state index in [-0.39, 0.29) is 23.7 Å². The van der Waals surface area contributed by atoms with Crippen molar-refractivity contribution in [3.63, 3.8) is 0 Å². The number of nitrogen functional groups attached to an aromatic ring is 1. The molecule has 0 radical (unpaired) electrons. The van der Waals surface area contributed by atoms with E-state index in [1.807, 2.05) is 18.4 Å². The number of H-pyrrole nitrogens is 1. The van der Waals surface area contributed by atoms with Gasteiger partial charge in [0.2, 0.25) is 0 Å². The summed E-state index contributed by atoms with van der Waals surface area (Å²) in [4.78, 5) is 24.4. The van der Waals surface area contributed by atoms with Crippen LogP contribution in [0, 0.1) is 11.8 Å². The fraction of sp³-hybridized carbons (Fsp3) is 0.647. The van der Waals surface area contributed by atoms with Crippen molar-refractivity contribution in [2.75, 3.05) is 12.3 Å².